The monoisotopic (exact) mass is 446 g/mol. The lowest BCUT2D eigenvalue weighted by atomic mass is 9.85. The number of amides is 1. The van der Waals surface area contributed by atoms with Gasteiger partial charge < -0.3 is 10.0 Å². The third-order valence-corrected chi connectivity index (χ3v) is 6.17. The summed E-state index contributed by atoms with van der Waals surface area (Å²) in [4.78, 5) is 18.5. The Hall–Kier alpha value is -2.04. The Bertz CT molecular complexity index is 1000. The Labute approximate surface area is 188 Å². The van der Waals surface area contributed by atoms with Gasteiger partial charge in [0.05, 0.1) is 15.7 Å². The number of carbonyl (C=O) groups excluding carboxylic acids is 1. The van der Waals surface area contributed by atoms with Crippen molar-refractivity contribution in [1.29, 1.82) is 0 Å². The number of hydrogen-bond acceptors (Lipinski definition) is 3. The summed E-state index contributed by atoms with van der Waals surface area (Å²) in [5.41, 5.74) is 3.45. The molecule has 30 heavy (non-hydrogen) atoms. The molecule has 1 aliphatic rings. The number of nitrogens with zero attached hydrogens (tertiary/aromatic N) is 2. The van der Waals surface area contributed by atoms with Crippen LogP contribution in [-0.4, -0.2) is 23.0 Å². The SMILES string of the molecule is C/C(Cc1ccc(Cl)c(N(C)C(=O)C2CC2)c1Cl)=C(/O)c1ncccc1C(C)(C)C. The maximum Gasteiger partial charge on any atom is 0.229 e. The Morgan fingerprint density at radius 3 is 2.50 bits per heavy atom. The Balaban J connectivity index is 1.97. The first-order chi connectivity index (χ1) is 14.0. The highest BCUT2D eigenvalue weighted by Crippen LogP contribution is 2.40. The number of anilines is 1. The summed E-state index contributed by atoms with van der Waals surface area (Å²) in [5, 5.41) is 11.8. The Morgan fingerprint density at radius 2 is 1.90 bits per heavy atom. The zero-order valence-electron chi connectivity index (χ0n) is 18.1. The number of aliphatic hydroxyl groups is 1. The van der Waals surface area contributed by atoms with E-state index < -0.39 is 0 Å². The van der Waals surface area contributed by atoms with Gasteiger partial charge in [0.1, 0.15) is 11.5 Å². The molecule has 1 aromatic heterocycles. The van der Waals surface area contributed by atoms with Crippen LogP contribution >= 0.6 is 23.2 Å². The van der Waals surface area contributed by atoms with E-state index in [0.29, 0.717) is 27.8 Å². The number of rotatable bonds is 5. The molecule has 0 unspecified atom stereocenters. The van der Waals surface area contributed by atoms with E-state index in [0.717, 1.165) is 29.5 Å². The van der Waals surface area contributed by atoms with Crippen molar-refractivity contribution >= 4 is 40.6 Å². The molecule has 1 amide bonds. The van der Waals surface area contributed by atoms with Gasteiger partial charge in [0.2, 0.25) is 5.91 Å². The maximum absolute atomic E-state index is 12.5. The molecule has 0 aliphatic heterocycles. The van der Waals surface area contributed by atoms with Crippen molar-refractivity contribution in [2.75, 3.05) is 11.9 Å². The van der Waals surface area contributed by atoms with Crippen LogP contribution in [0, 0.1) is 5.92 Å². The van der Waals surface area contributed by atoms with Crippen LogP contribution < -0.4 is 4.90 Å². The van der Waals surface area contributed by atoms with Gasteiger partial charge in [0.15, 0.2) is 0 Å². The highest BCUT2D eigenvalue weighted by atomic mass is 35.5. The average molecular weight is 447 g/mol. The maximum atomic E-state index is 12.5. The van der Waals surface area contributed by atoms with Crippen LogP contribution in [0.5, 0.6) is 0 Å². The van der Waals surface area contributed by atoms with Gasteiger partial charge >= 0.3 is 0 Å². The minimum atomic E-state index is -0.158. The molecule has 0 bridgehead atoms. The molecule has 160 valence electrons. The standard InChI is InChI=1S/C24H28Cl2N2O2/c1-14(22(29)20-17(24(2,3)4)7-6-12-27-20)13-16-10-11-18(25)21(19(16)26)28(5)23(30)15-8-9-15/h6-7,10-12,15,29H,8-9,13H2,1-5H3/b22-14-. The van der Waals surface area contributed by atoms with Crippen molar-refractivity contribution in [3.05, 3.63) is 62.9 Å². The fraction of sp³-hybridized carbons (Fsp3) is 0.417. The van der Waals surface area contributed by atoms with Crippen LogP contribution in [0.3, 0.4) is 0 Å². The predicted molar refractivity (Wildman–Crippen MR) is 124 cm³/mol. The highest BCUT2D eigenvalue weighted by molar-refractivity contribution is 6.40. The highest BCUT2D eigenvalue weighted by Gasteiger charge is 2.34. The minimum Gasteiger partial charge on any atom is -0.506 e. The van der Waals surface area contributed by atoms with Gasteiger partial charge in [-0.05, 0) is 60.4 Å². The number of allylic oxidation sites excluding steroid dienone is 1. The zero-order valence-corrected chi connectivity index (χ0v) is 19.6. The van der Waals surface area contributed by atoms with E-state index in [1.807, 2.05) is 25.1 Å². The third-order valence-electron chi connectivity index (χ3n) is 5.44. The second kappa shape index (κ2) is 8.60. The first-order valence-electron chi connectivity index (χ1n) is 10.1. The van der Waals surface area contributed by atoms with Gasteiger partial charge in [-0.1, -0.05) is 56.1 Å². The van der Waals surface area contributed by atoms with Crippen LogP contribution in [-0.2, 0) is 16.6 Å². The Morgan fingerprint density at radius 1 is 1.23 bits per heavy atom. The summed E-state index contributed by atoms with van der Waals surface area (Å²) in [6, 6.07) is 7.45. The molecule has 4 nitrogen and oxygen atoms in total. The molecule has 1 aliphatic carbocycles. The second-order valence-electron chi connectivity index (χ2n) is 9.00. The second-order valence-corrected chi connectivity index (χ2v) is 9.78. The number of benzene rings is 1. The van der Waals surface area contributed by atoms with Crippen molar-refractivity contribution in [2.45, 2.75) is 52.4 Å². The predicted octanol–water partition coefficient (Wildman–Crippen LogP) is 6.59. The molecule has 1 aromatic carbocycles. The van der Waals surface area contributed by atoms with Gasteiger partial charge in [-0.15, -0.1) is 0 Å². The topological polar surface area (TPSA) is 53.4 Å². The van der Waals surface area contributed by atoms with Gasteiger partial charge in [-0.3, -0.25) is 9.78 Å². The normalized spacial score (nSPS) is 15.0. The molecule has 0 atom stereocenters. The lowest BCUT2D eigenvalue weighted by Gasteiger charge is -2.23. The molecule has 0 radical (unpaired) electrons. The third kappa shape index (κ3) is 4.65. The van der Waals surface area contributed by atoms with Crippen molar-refractivity contribution in [2.24, 2.45) is 5.92 Å². The zero-order chi connectivity index (χ0) is 22.2. The molecule has 3 rings (SSSR count). The summed E-state index contributed by atoms with van der Waals surface area (Å²) in [6.45, 7) is 8.13. The van der Waals surface area contributed by atoms with E-state index >= 15 is 0 Å². The number of carbonyl (C=O) groups is 1. The average Bonchev–Trinajstić information content (AvgIpc) is 3.53. The molecular formula is C24H28Cl2N2O2. The van der Waals surface area contributed by atoms with E-state index in [9.17, 15) is 9.90 Å². The summed E-state index contributed by atoms with van der Waals surface area (Å²) in [7, 11) is 1.71. The van der Waals surface area contributed by atoms with E-state index in [4.69, 9.17) is 23.2 Å². The number of pyridine rings is 1. The number of hydrogen-bond donors (Lipinski definition) is 1. The van der Waals surface area contributed by atoms with Crippen LogP contribution in [0.25, 0.3) is 5.76 Å². The lowest BCUT2D eigenvalue weighted by Crippen LogP contribution is -2.28. The van der Waals surface area contributed by atoms with Gasteiger partial charge in [-0.25, -0.2) is 0 Å². The van der Waals surface area contributed by atoms with Crippen LogP contribution in [0.4, 0.5) is 5.69 Å². The summed E-state index contributed by atoms with van der Waals surface area (Å²) in [5.74, 6) is 0.251. The summed E-state index contributed by atoms with van der Waals surface area (Å²) in [6.07, 6.45) is 3.92. The molecule has 1 heterocycles. The van der Waals surface area contributed by atoms with E-state index in [-0.39, 0.29) is 23.0 Å². The Kier molecular flexibility index (Phi) is 6.49. The molecule has 1 N–H and O–H groups in total. The minimum absolute atomic E-state index is 0.0364. The smallest absolute Gasteiger partial charge is 0.229 e. The van der Waals surface area contributed by atoms with E-state index in [1.165, 1.54) is 0 Å². The van der Waals surface area contributed by atoms with Crippen molar-refractivity contribution in [3.8, 4) is 0 Å². The number of aliphatic hydroxyl groups excluding tert-OH is 1. The first-order valence-corrected chi connectivity index (χ1v) is 10.9. The fourth-order valence-corrected chi connectivity index (χ4v) is 4.20. The molecule has 6 heteroatoms. The lowest BCUT2D eigenvalue weighted by molar-refractivity contribution is -0.119. The van der Waals surface area contributed by atoms with Crippen molar-refractivity contribution in [3.63, 3.8) is 0 Å². The van der Waals surface area contributed by atoms with Gasteiger partial charge in [0, 0.05) is 19.2 Å². The fourth-order valence-electron chi connectivity index (χ4n) is 3.51. The molecule has 1 fully saturated rings. The van der Waals surface area contributed by atoms with E-state index in [1.54, 1.807) is 24.2 Å². The van der Waals surface area contributed by atoms with Gasteiger partial charge in [0.25, 0.3) is 0 Å². The van der Waals surface area contributed by atoms with Crippen molar-refractivity contribution in [1.82, 2.24) is 4.98 Å². The molecule has 2 aromatic rings. The summed E-state index contributed by atoms with van der Waals surface area (Å²) < 4.78 is 0. The van der Waals surface area contributed by atoms with Gasteiger partial charge in [-0.2, -0.15) is 0 Å². The van der Waals surface area contributed by atoms with Crippen LogP contribution in [0.15, 0.2) is 36.0 Å². The number of aromatic nitrogens is 1. The van der Waals surface area contributed by atoms with E-state index in [2.05, 4.69) is 25.8 Å². The quantitative estimate of drug-likeness (QED) is 0.526. The van der Waals surface area contributed by atoms with Crippen LogP contribution in [0.2, 0.25) is 10.0 Å². The molecule has 1 saturated carbocycles. The largest absolute Gasteiger partial charge is 0.506 e. The van der Waals surface area contributed by atoms with Crippen molar-refractivity contribution < 1.29 is 9.90 Å². The summed E-state index contributed by atoms with van der Waals surface area (Å²) >= 11 is 13.1. The molecular weight excluding hydrogens is 419 g/mol. The first kappa shape index (κ1) is 22.6. The molecule has 0 saturated heterocycles. The number of halogens is 2. The molecule has 0 spiro atoms. The van der Waals surface area contributed by atoms with Crippen LogP contribution in [0.1, 0.15) is 57.4 Å².